The number of ketones is 1. The van der Waals surface area contributed by atoms with Crippen LogP contribution in [0.4, 0.5) is 5.69 Å². The van der Waals surface area contributed by atoms with Crippen molar-refractivity contribution in [1.82, 2.24) is 10.2 Å². The highest BCUT2D eigenvalue weighted by molar-refractivity contribution is 8.01. The second-order valence-electron chi connectivity index (χ2n) is 3.96. The SMILES string of the molecule is O=C1COc2ccc(C(=O)CSc3nncs3)cc2N1. The molecule has 1 aromatic heterocycles. The fourth-order valence-electron chi connectivity index (χ4n) is 1.69. The van der Waals surface area contributed by atoms with Gasteiger partial charge in [-0.05, 0) is 18.2 Å². The van der Waals surface area contributed by atoms with Gasteiger partial charge in [0.2, 0.25) is 0 Å². The van der Waals surface area contributed by atoms with Gasteiger partial charge in [0.1, 0.15) is 11.3 Å². The molecule has 0 spiro atoms. The summed E-state index contributed by atoms with van der Waals surface area (Å²) in [4.78, 5) is 23.3. The first kappa shape index (κ1) is 13.1. The quantitative estimate of drug-likeness (QED) is 0.686. The Balaban J connectivity index is 1.72. The number of hydrogen-bond acceptors (Lipinski definition) is 7. The number of hydrogen-bond donors (Lipinski definition) is 1. The predicted octanol–water partition coefficient (Wildman–Crippen LogP) is 1.84. The van der Waals surface area contributed by atoms with Crippen LogP contribution in [0.1, 0.15) is 10.4 Å². The lowest BCUT2D eigenvalue weighted by Crippen LogP contribution is -2.25. The zero-order valence-corrected chi connectivity index (χ0v) is 11.8. The Labute approximate surface area is 122 Å². The van der Waals surface area contributed by atoms with Crippen molar-refractivity contribution in [3.8, 4) is 5.75 Å². The minimum absolute atomic E-state index is 0.00714. The van der Waals surface area contributed by atoms with E-state index in [2.05, 4.69) is 15.5 Å². The number of Topliss-reactive ketones (excluding diaryl/α,β-unsaturated/α-hetero) is 1. The van der Waals surface area contributed by atoms with Crippen LogP contribution in [-0.4, -0.2) is 34.2 Å². The summed E-state index contributed by atoms with van der Waals surface area (Å²) in [6.45, 7) is 0.00714. The Kier molecular flexibility index (Phi) is 3.66. The molecule has 20 heavy (non-hydrogen) atoms. The summed E-state index contributed by atoms with van der Waals surface area (Å²) in [6, 6.07) is 5.02. The van der Waals surface area contributed by atoms with Crippen molar-refractivity contribution in [2.75, 3.05) is 17.7 Å². The van der Waals surface area contributed by atoms with Crippen LogP contribution in [0, 0.1) is 0 Å². The van der Waals surface area contributed by atoms with Gasteiger partial charge in [0.05, 0.1) is 11.4 Å². The summed E-state index contributed by atoms with van der Waals surface area (Å²) >= 11 is 2.74. The second kappa shape index (κ2) is 5.59. The maximum atomic E-state index is 12.1. The Hall–Kier alpha value is -1.93. The molecule has 102 valence electrons. The number of rotatable bonds is 4. The van der Waals surface area contributed by atoms with Crippen LogP contribution in [0.5, 0.6) is 5.75 Å². The molecule has 6 nitrogen and oxygen atoms in total. The van der Waals surface area contributed by atoms with Crippen LogP contribution in [0.3, 0.4) is 0 Å². The van der Waals surface area contributed by atoms with Crippen LogP contribution in [0.2, 0.25) is 0 Å². The van der Waals surface area contributed by atoms with Crippen molar-refractivity contribution in [3.63, 3.8) is 0 Å². The molecule has 0 unspecified atom stereocenters. The van der Waals surface area contributed by atoms with E-state index in [9.17, 15) is 9.59 Å². The van der Waals surface area contributed by atoms with E-state index < -0.39 is 0 Å². The molecule has 0 bridgehead atoms. The zero-order chi connectivity index (χ0) is 13.9. The van der Waals surface area contributed by atoms with Gasteiger partial charge in [0, 0.05) is 5.56 Å². The average molecular weight is 307 g/mol. The smallest absolute Gasteiger partial charge is 0.262 e. The highest BCUT2D eigenvalue weighted by Gasteiger charge is 2.18. The molecule has 0 saturated carbocycles. The molecular formula is C12H9N3O3S2. The van der Waals surface area contributed by atoms with Crippen LogP contribution in [-0.2, 0) is 4.79 Å². The summed E-state index contributed by atoms with van der Waals surface area (Å²) in [5.41, 5.74) is 2.69. The van der Waals surface area contributed by atoms with Gasteiger partial charge in [-0.15, -0.1) is 10.2 Å². The Morgan fingerprint density at radius 2 is 2.40 bits per heavy atom. The molecule has 3 rings (SSSR count). The summed E-state index contributed by atoms with van der Waals surface area (Å²) in [5.74, 6) is 0.610. The molecule has 0 fully saturated rings. The lowest BCUT2D eigenvalue weighted by Gasteiger charge is -2.18. The van der Waals surface area contributed by atoms with Crippen molar-refractivity contribution < 1.29 is 14.3 Å². The number of nitrogens with one attached hydrogen (secondary N) is 1. The van der Waals surface area contributed by atoms with Crippen LogP contribution in [0.15, 0.2) is 28.0 Å². The Morgan fingerprint density at radius 3 is 3.20 bits per heavy atom. The minimum atomic E-state index is -0.217. The summed E-state index contributed by atoms with van der Waals surface area (Å²) in [7, 11) is 0. The standard InChI is InChI=1S/C12H9N3O3S2/c16-9(5-19-12-15-13-6-20-12)7-1-2-10-8(3-7)14-11(17)4-18-10/h1-3,6H,4-5H2,(H,14,17). The van der Waals surface area contributed by atoms with E-state index in [1.54, 1.807) is 23.7 Å². The maximum absolute atomic E-state index is 12.1. The van der Waals surface area contributed by atoms with Gasteiger partial charge in [-0.3, -0.25) is 9.59 Å². The fourth-order valence-corrected chi connectivity index (χ4v) is 3.08. The van der Waals surface area contributed by atoms with Crippen LogP contribution < -0.4 is 10.1 Å². The number of nitrogens with zero attached hydrogens (tertiary/aromatic N) is 2. The number of amides is 1. The molecule has 0 atom stereocenters. The van der Waals surface area contributed by atoms with Crippen molar-refractivity contribution in [3.05, 3.63) is 29.3 Å². The molecule has 0 saturated heterocycles. The van der Waals surface area contributed by atoms with Gasteiger partial charge < -0.3 is 10.1 Å². The molecule has 0 aliphatic carbocycles. The first-order valence-corrected chi connectivity index (χ1v) is 7.58. The first-order chi connectivity index (χ1) is 9.72. The van der Waals surface area contributed by atoms with Gasteiger partial charge in [-0.1, -0.05) is 23.1 Å². The molecule has 1 amide bonds. The Morgan fingerprint density at radius 1 is 1.50 bits per heavy atom. The van der Waals surface area contributed by atoms with E-state index in [0.29, 0.717) is 17.0 Å². The van der Waals surface area contributed by atoms with Gasteiger partial charge in [0.25, 0.3) is 5.91 Å². The number of ether oxygens (including phenoxy) is 1. The van der Waals surface area contributed by atoms with Crippen LogP contribution in [0.25, 0.3) is 0 Å². The fraction of sp³-hybridized carbons (Fsp3) is 0.167. The van der Waals surface area contributed by atoms with Crippen molar-refractivity contribution in [1.29, 1.82) is 0 Å². The van der Waals surface area contributed by atoms with Gasteiger partial charge in [0.15, 0.2) is 16.7 Å². The number of aromatic nitrogens is 2. The number of benzene rings is 1. The molecule has 2 aromatic rings. The predicted molar refractivity (Wildman–Crippen MR) is 75.5 cm³/mol. The first-order valence-electron chi connectivity index (χ1n) is 5.71. The zero-order valence-electron chi connectivity index (χ0n) is 10.2. The molecule has 1 aliphatic rings. The van der Waals surface area contributed by atoms with E-state index in [0.717, 1.165) is 4.34 Å². The molecular weight excluding hydrogens is 298 g/mol. The van der Waals surface area contributed by atoms with Crippen molar-refractivity contribution in [2.45, 2.75) is 4.34 Å². The monoisotopic (exact) mass is 307 g/mol. The van der Waals surface area contributed by atoms with Gasteiger partial charge in [-0.25, -0.2) is 0 Å². The molecule has 1 aliphatic heterocycles. The molecule has 0 radical (unpaired) electrons. The van der Waals surface area contributed by atoms with E-state index in [1.807, 2.05) is 0 Å². The third-order valence-electron chi connectivity index (χ3n) is 2.60. The molecule has 1 aromatic carbocycles. The molecule has 8 heteroatoms. The highest BCUT2D eigenvalue weighted by Crippen LogP contribution is 2.29. The normalized spacial score (nSPS) is 13.3. The lowest BCUT2D eigenvalue weighted by atomic mass is 10.1. The highest BCUT2D eigenvalue weighted by atomic mass is 32.2. The summed E-state index contributed by atoms with van der Waals surface area (Å²) in [5, 5.41) is 10.3. The van der Waals surface area contributed by atoms with E-state index >= 15 is 0 Å². The average Bonchev–Trinajstić information content (AvgIpc) is 2.97. The number of carbonyl (C=O) groups excluding carboxylic acids is 2. The summed E-state index contributed by atoms with van der Waals surface area (Å²) < 4.78 is 6.00. The third-order valence-corrected chi connectivity index (χ3v) is 4.46. The van der Waals surface area contributed by atoms with Crippen molar-refractivity contribution in [2.24, 2.45) is 0 Å². The van der Waals surface area contributed by atoms with Gasteiger partial charge >= 0.3 is 0 Å². The van der Waals surface area contributed by atoms with Crippen molar-refractivity contribution >= 4 is 40.5 Å². The van der Waals surface area contributed by atoms with E-state index in [1.165, 1.54) is 23.1 Å². The third kappa shape index (κ3) is 2.81. The van der Waals surface area contributed by atoms with E-state index in [-0.39, 0.29) is 24.1 Å². The van der Waals surface area contributed by atoms with E-state index in [4.69, 9.17) is 4.74 Å². The number of fused-ring (bicyclic) bond motifs is 1. The summed E-state index contributed by atoms with van der Waals surface area (Å²) in [6.07, 6.45) is 0. The number of anilines is 1. The number of carbonyl (C=O) groups is 2. The topological polar surface area (TPSA) is 81.2 Å². The van der Waals surface area contributed by atoms with Crippen LogP contribution >= 0.6 is 23.1 Å². The second-order valence-corrected chi connectivity index (χ2v) is 6.02. The molecule has 2 heterocycles. The maximum Gasteiger partial charge on any atom is 0.262 e. The minimum Gasteiger partial charge on any atom is -0.482 e. The Bertz CT molecular complexity index is 658. The number of thioether (sulfide) groups is 1. The lowest BCUT2D eigenvalue weighted by molar-refractivity contribution is -0.118. The largest absolute Gasteiger partial charge is 0.482 e. The molecule has 1 N–H and O–H groups in total. The van der Waals surface area contributed by atoms with Gasteiger partial charge in [-0.2, -0.15) is 0 Å².